The van der Waals surface area contributed by atoms with Crippen LogP contribution in [0, 0.1) is 5.92 Å². The number of hydrogen-bond donors (Lipinski definition) is 1. The average Bonchev–Trinajstić information content (AvgIpc) is 2.38. The molecule has 0 aliphatic carbocycles. The maximum absolute atomic E-state index is 11.0. The van der Waals surface area contributed by atoms with E-state index in [1.807, 2.05) is 0 Å². The minimum atomic E-state index is 0.192. The summed E-state index contributed by atoms with van der Waals surface area (Å²) in [7, 11) is 0. The molecular weight excluding hydrogens is 238 g/mol. The summed E-state index contributed by atoms with van der Waals surface area (Å²) in [6.07, 6.45) is 2.90. The average molecular weight is 254 g/mol. The third-order valence-corrected chi connectivity index (χ3v) is 3.54. The third kappa shape index (κ3) is 2.61. The summed E-state index contributed by atoms with van der Waals surface area (Å²) < 4.78 is 0. The Balaban J connectivity index is 2.29. The molecule has 0 aromatic heterocycles. The minimum absolute atomic E-state index is 0.192. The van der Waals surface area contributed by atoms with Crippen molar-refractivity contribution in [3.8, 4) is 0 Å². The molecule has 1 aliphatic rings. The number of piperidine rings is 1. The zero-order valence-electron chi connectivity index (χ0n) is 9.60. The zero-order valence-corrected chi connectivity index (χ0v) is 10.4. The molecule has 17 heavy (non-hydrogen) atoms. The van der Waals surface area contributed by atoms with Crippen LogP contribution in [0.4, 0.5) is 5.69 Å². The maximum Gasteiger partial charge on any atom is 0.152 e. The molecule has 1 aromatic carbocycles. The maximum atomic E-state index is 11.0. The molecule has 0 saturated carbocycles. The third-order valence-electron chi connectivity index (χ3n) is 3.24. The van der Waals surface area contributed by atoms with Gasteiger partial charge >= 0.3 is 0 Å². The Kier molecular flexibility index (Phi) is 4.02. The number of halogens is 1. The molecule has 1 N–H and O–H groups in total. The van der Waals surface area contributed by atoms with Gasteiger partial charge in [0, 0.05) is 25.3 Å². The Morgan fingerprint density at radius 2 is 2.35 bits per heavy atom. The van der Waals surface area contributed by atoms with Crippen molar-refractivity contribution in [3.63, 3.8) is 0 Å². The number of nitrogens with zero attached hydrogens (tertiary/aromatic N) is 1. The first-order chi connectivity index (χ1) is 8.26. The Morgan fingerprint density at radius 3 is 3.06 bits per heavy atom. The van der Waals surface area contributed by atoms with Gasteiger partial charge in [0.25, 0.3) is 0 Å². The molecule has 1 atom stereocenters. The fraction of sp³-hybridized carbons (Fsp3) is 0.462. The molecule has 1 fully saturated rings. The zero-order chi connectivity index (χ0) is 12.3. The van der Waals surface area contributed by atoms with Gasteiger partial charge in [0.1, 0.15) is 0 Å². The van der Waals surface area contributed by atoms with E-state index < -0.39 is 0 Å². The number of aldehydes is 1. The first kappa shape index (κ1) is 12.4. The first-order valence-electron chi connectivity index (χ1n) is 5.85. The molecule has 4 heteroatoms. The van der Waals surface area contributed by atoms with Crippen LogP contribution in [0.25, 0.3) is 0 Å². The van der Waals surface area contributed by atoms with E-state index in [9.17, 15) is 9.90 Å². The van der Waals surface area contributed by atoms with Crippen LogP contribution in [-0.2, 0) is 0 Å². The van der Waals surface area contributed by atoms with E-state index in [1.165, 1.54) is 0 Å². The van der Waals surface area contributed by atoms with E-state index in [2.05, 4.69) is 4.90 Å². The fourth-order valence-corrected chi connectivity index (χ4v) is 2.68. The number of carbonyl (C=O) groups is 1. The number of para-hydroxylation sites is 1. The summed E-state index contributed by atoms with van der Waals surface area (Å²) >= 11 is 6.17. The van der Waals surface area contributed by atoms with E-state index in [0.29, 0.717) is 10.6 Å². The quantitative estimate of drug-likeness (QED) is 0.841. The van der Waals surface area contributed by atoms with Crippen LogP contribution in [0.15, 0.2) is 18.2 Å². The van der Waals surface area contributed by atoms with Crippen LogP contribution < -0.4 is 4.90 Å². The van der Waals surface area contributed by atoms with E-state index in [-0.39, 0.29) is 12.5 Å². The van der Waals surface area contributed by atoms with Gasteiger partial charge in [-0.25, -0.2) is 0 Å². The van der Waals surface area contributed by atoms with Crippen molar-refractivity contribution in [2.24, 2.45) is 5.92 Å². The van der Waals surface area contributed by atoms with Crippen molar-refractivity contribution in [1.29, 1.82) is 0 Å². The molecule has 1 aliphatic heterocycles. The van der Waals surface area contributed by atoms with Gasteiger partial charge < -0.3 is 10.0 Å². The van der Waals surface area contributed by atoms with Crippen molar-refractivity contribution in [1.82, 2.24) is 0 Å². The number of hydrogen-bond acceptors (Lipinski definition) is 3. The normalized spacial score (nSPS) is 20.4. The van der Waals surface area contributed by atoms with E-state index >= 15 is 0 Å². The number of rotatable bonds is 3. The molecule has 92 valence electrons. The summed E-state index contributed by atoms with van der Waals surface area (Å²) in [5.41, 5.74) is 1.43. The van der Waals surface area contributed by atoms with Crippen LogP contribution in [0.3, 0.4) is 0 Å². The summed E-state index contributed by atoms with van der Waals surface area (Å²) in [6.45, 7) is 1.85. The highest BCUT2D eigenvalue weighted by atomic mass is 35.5. The standard InChI is InChI=1S/C13H16ClNO2/c14-12-5-1-4-11(9-17)13(12)15-6-2-3-10(7-15)8-16/h1,4-5,9-10,16H,2-3,6-8H2. The number of benzene rings is 1. The van der Waals surface area contributed by atoms with Crippen LogP contribution >= 0.6 is 11.6 Å². The van der Waals surface area contributed by atoms with Crippen molar-refractivity contribution in [2.45, 2.75) is 12.8 Å². The van der Waals surface area contributed by atoms with Crippen molar-refractivity contribution >= 4 is 23.6 Å². The summed E-state index contributed by atoms with van der Waals surface area (Å²) in [5, 5.41) is 9.83. The van der Waals surface area contributed by atoms with Gasteiger partial charge in [0.05, 0.1) is 10.7 Å². The predicted octanol–water partition coefficient (Wildman–Crippen LogP) is 2.36. The van der Waals surface area contributed by atoms with Crippen LogP contribution in [0.5, 0.6) is 0 Å². The Morgan fingerprint density at radius 1 is 1.53 bits per heavy atom. The Bertz CT molecular complexity index is 408. The topological polar surface area (TPSA) is 40.5 Å². The molecule has 1 unspecified atom stereocenters. The van der Waals surface area contributed by atoms with Gasteiger partial charge in [0.2, 0.25) is 0 Å². The molecule has 0 spiro atoms. The molecule has 0 bridgehead atoms. The molecule has 3 nitrogen and oxygen atoms in total. The smallest absolute Gasteiger partial charge is 0.152 e. The molecule has 0 amide bonds. The van der Waals surface area contributed by atoms with E-state index in [1.54, 1.807) is 18.2 Å². The largest absolute Gasteiger partial charge is 0.396 e. The number of aliphatic hydroxyl groups is 1. The molecular formula is C13H16ClNO2. The lowest BCUT2D eigenvalue weighted by Gasteiger charge is -2.34. The number of aliphatic hydroxyl groups excluding tert-OH is 1. The number of anilines is 1. The van der Waals surface area contributed by atoms with Gasteiger partial charge in [0.15, 0.2) is 6.29 Å². The highest BCUT2D eigenvalue weighted by Crippen LogP contribution is 2.32. The van der Waals surface area contributed by atoms with Crippen molar-refractivity contribution in [3.05, 3.63) is 28.8 Å². The molecule has 1 heterocycles. The van der Waals surface area contributed by atoms with Gasteiger partial charge in [-0.2, -0.15) is 0 Å². The summed E-state index contributed by atoms with van der Waals surface area (Å²) in [4.78, 5) is 13.1. The SMILES string of the molecule is O=Cc1cccc(Cl)c1N1CCCC(CO)C1. The summed E-state index contributed by atoms with van der Waals surface area (Å²) in [5.74, 6) is 0.277. The van der Waals surface area contributed by atoms with Gasteiger partial charge in [-0.1, -0.05) is 17.7 Å². The Labute approximate surface area is 106 Å². The molecule has 0 radical (unpaired) electrons. The fourth-order valence-electron chi connectivity index (χ4n) is 2.38. The van der Waals surface area contributed by atoms with Gasteiger partial charge in [-0.05, 0) is 30.9 Å². The molecule has 1 aromatic rings. The van der Waals surface area contributed by atoms with Gasteiger partial charge in [-0.3, -0.25) is 4.79 Å². The lowest BCUT2D eigenvalue weighted by molar-refractivity contribution is 0.112. The second kappa shape index (κ2) is 5.52. The Hall–Kier alpha value is -1.06. The predicted molar refractivity (Wildman–Crippen MR) is 68.9 cm³/mol. The second-order valence-corrected chi connectivity index (χ2v) is 4.84. The lowest BCUT2D eigenvalue weighted by Crippen LogP contribution is -2.37. The monoisotopic (exact) mass is 253 g/mol. The van der Waals surface area contributed by atoms with Gasteiger partial charge in [-0.15, -0.1) is 0 Å². The highest BCUT2D eigenvalue weighted by Gasteiger charge is 2.22. The van der Waals surface area contributed by atoms with E-state index in [0.717, 1.165) is 37.9 Å². The lowest BCUT2D eigenvalue weighted by atomic mass is 9.98. The van der Waals surface area contributed by atoms with Crippen LogP contribution in [-0.4, -0.2) is 31.1 Å². The summed E-state index contributed by atoms with van der Waals surface area (Å²) in [6, 6.07) is 5.35. The first-order valence-corrected chi connectivity index (χ1v) is 6.23. The minimum Gasteiger partial charge on any atom is -0.396 e. The van der Waals surface area contributed by atoms with E-state index in [4.69, 9.17) is 11.6 Å². The molecule has 2 rings (SSSR count). The van der Waals surface area contributed by atoms with Crippen LogP contribution in [0.2, 0.25) is 5.02 Å². The van der Waals surface area contributed by atoms with Crippen LogP contribution in [0.1, 0.15) is 23.2 Å². The molecule has 1 saturated heterocycles. The van der Waals surface area contributed by atoms with Crippen molar-refractivity contribution in [2.75, 3.05) is 24.6 Å². The number of carbonyl (C=O) groups excluding carboxylic acids is 1. The highest BCUT2D eigenvalue weighted by molar-refractivity contribution is 6.33. The second-order valence-electron chi connectivity index (χ2n) is 4.43. The van der Waals surface area contributed by atoms with Crippen molar-refractivity contribution < 1.29 is 9.90 Å².